The quantitative estimate of drug-likeness (QED) is 0.762. The van der Waals surface area contributed by atoms with Crippen molar-refractivity contribution in [2.24, 2.45) is 0 Å². The fourth-order valence-electron chi connectivity index (χ4n) is 2.58. The zero-order valence-corrected chi connectivity index (χ0v) is 14.5. The molecule has 0 radical (unpaired) electrons. The molecule has 120 valence electrons. The molecule has 1 aliphatic rings. The number of carbonyl (C=O) groups is 1. The molecule has 1 atom stereocenters. The lowest BCUT2D eigenvalue weighted by Crippen LogP contribution is -2.32. The van der Waals surface area contributed by atoms with E-state index in [1.54, 1.807) is 22.7 Å². The Morgan fingerprint density at radius 2 is 1.96 bits per heavy atom. The number of amides is 1. The first-order valence-electron chi connectivity index (χ1n) is 7.15. The first-order valence-corrected chi connectivity index (χ1v) is 8.96. The van der Waals surface area contributed by atoms with Gasteiger partial charge in [-0.3, -0.25) is 4.79 Å². The Balaban J connectivity index is 1.80. The van der Waals surface area contributed by atoms with Gasteiger partial charge in [-0.15, -0.1) is 11.8 Å². The van der Waals surface area contributed by atoms with Crippen molar-refractivity contribution in [3.8, 4) is 0 Å². The summed E-state index contributed by atoms with van der Waals surface area (Å²) in [6.45, 7) is 0.642. The highest BCUT2D eigenvalue weighted by Gasteiger charge is 2.31. The van der Waals surface area contributed by atoms with Crippen molar-refractivity contribution in [1.29, 1.82) is 0 Å². The van der Waals surface area contributed by atoms with E-state index in [1.165, 1.54) is 12.1 Å². The van der Waals surface area contributed by atoms with Crippen LogP contribution < -0.4 is 0 Å². The molecule has 0 spiro atoms. The Morgan fingerprint density at radius 3 is 2.65 bits per heavy atom. The molecule has 2 nitrogen and oxygen atoms in total. The second kappa shape index (κ2) is 7.12. The van der Waals surface area contributed by atoms with E-state index in [0.717, 1.165) is 11.3 Å². The summed E-state index contributed by atoms with van der Waals surface area (Å²) in [5, 5.41) is 0.881. The van der Waals surface area contributed by atoms with Gasteiger partial charge in [0.2, 0.25) is 5.91 Å². The Morgan fingerprint density at radius 1 is 1.22 bits per heavy atom. The normalized spacial score (nSPS) is 17.5. The summed E-state index contributed by atoms with van der Waals surface area (Å²) in [6.07, 6.45) is -0.0316. The number of rotatable bonds is 3. The smallest absolute Gasteiger partial charge is 0.228 e. The average molecular weight is 370 g/mol. The van der Waals surface area contributed by atoms with Crippen molar-refractivity contribution in [3.05, 3.63) is 69.5 Å². The van der Waals surface area contributed by atoms with E-state index in [0.29, 0.717) is 11.6 Å². The molecule has 1 heterocycles. The highest BCUT2D eigenvalue weighted by Crippen LogP contribution is 2.38. The van der Waals surface area contributed by atoms with Crippen molar-refractivity contribution in [2.75, 3.05) is 12.3 Å². The van der Waals surface area contributed by atoms with Gasteiger partial charge in [-0.1, -0.05) is 41.4 Å². The summed E-state index contributed by atoms with van der Waals surface area (Å²) in [5.41, 5.74) is 1.27. The van der Waals surface area contributed by atoms with Gasteiger partial charge >= 0.3 is 0 Å². The number of hydrogen-bond donors (Lipinski definition) is 0. The van der Waals surface area contributed by atoms with Gasteiger partial charge in [-0.05, 0) is 29.8 Å². The molecule has 0 saturated carbocycles. The van der Waals surface area contributed by atoms with Crippen LogP contribution >= 0.6 is 35.0 Å². The van der Waals surface area contributed by atoms with Gasteiger partial charge in [0.05, 0.1) is 6.42 Å². The number of nitrogens with zero attached hydrogens (tertiary/aromatic N) is 1. The third-order valence-corrected chi connectivity index (χ3v) is 5.62. The van der Waals surface area contributed by atoms with Crippen LogP contribution in [0.2, 0.25) is 10.0 Å². The molecule has 1 fully saturated rings. The Labute approximate surface area is 148 Å². The van der Waals surface area contributed by atoms with Gasteiger partial charge in [0.1, 0.15) is 11.2 Å². The number of thioether (sulfide) groups is 1. The molecule has 0 bridgehead atoms. The van der Waals surface area contributed by atoms with E-state index >= 15 is 0 Å². The molecule has 2 aromatic rings. The van der Waals surface area contributed by atoms with Crippen LogP contribution in [-0.4, -0.2) is 23.1 Å². The van der Waals surface area contributed by atoms with Crippen LogP contribution in [0.25, 0.3) is 0 Å². The number of hydrogen-bond acceptors (Lipinski definition) is 2. The Hall–Kier alpha value is -1.23. The van der Waals surface area contributed by atoms with Gasteiger partial charge in [0, 0.05) is 27.9 Å². The van der Waals surface area contributed by atoms with Crippen molar-refractivity contribution >= 4 is 40.9 Å². The van der Waals surface area contributed by atoms with Crippen molar-refractivity contribution in [3.63, 3.8) is 0 Å². The number of benzene rings is 2. The van der Waals surface area contributed by atoms with E-state index < -0.39 is 5.82 Å². The molecule has 0 aromatic heterocycles. The predicted octanol–water partition coefficient (Wildman–Crippen LogP) is 4.95. The summed E-state index contributed by atoms with van der Waals surface area (Å²) < 4.78 is 13.9. The van der Waals surface area contributed by atoms with Gasteiger partial charge in [-0.2, -0.15) is 0 Å². The minimum Gasteiger partial charge on any atom is -0.325 e. The third kappa shape index (κ3) is 3.65. The highest BCUT2D eigenvalue weighted by molar-refractivity contribution is 7.99. The summed E-state index contributed by atoms with van der Waals surface area (Å²) in [5.74, 6) is 0.284. The maximum Gasteiger partial charge on any atom is 0.228 e. The minimum absolute atomic E-state index is 0.0316. The molecular formula is C17H14Cl2FNOS. The molecule has 1 aliphatic heterocycles. The monoisotopic (exact) mass is 369 g/mol. The van der Waals surface area contributed by atoms with E-state index in [1.807, 2.05) is 24.3 Å². The van der Waals surface area contributed by atoms with Gasteiger partial charge in [0.25, 0.3) is 0 Å². The van der Waals surface area contributed by atoms with E-state index in [9.17, 15) is 9.18 Å². The van der Waals surface area contributed by atoms with Crippen LogP contribution in [0, 0.1) is 5.82 Å². The molecule has 1 amide bonds. The van der Waals surface area contributed by atoms with Crippen molar-refractivity contribution < 1.29 is 9.18 Å². The number of halogens is 3. The topological polar surface area (TPSA) is 20.3 Å². The first-order chi connectivity index (χ1) is 11.1. The summed E-state index contributed by atoms with van der Waals surface area (Å²) in [7, 11) is 0. The fraction of sp³-hybridized carbons (Fsp3) is 0.235. The molecule has 3 rings (SSSR count). The van der Waals surface area contributed by atoms with Crippen LogP contribution in [0.5, 0.6) is 0 Å². The Kier molecular flexibility index (Phi) is 5.14. The highest BCUT2D eigenvalue weighted by atomic mass is 35.5. The molecule has 23 heavy (non-hydrogen) atoms. The van der Waals surface area contributed by atoms with Crippen LogP contribution in [0.3, 0.4) is 0 Å². The molecule has 0 aliphatic carbocycles. The number of carbonyl (C=O) groups excluding carboxylic acids is 1. The lowest BCUT2D eigenvalue weighted by molar-refractivity contribution is -0.130. The van der Waals surface area contributed by atoms with E-state index in [-0.39, 0.29) is 28.3 Å². The zero-order chi connectivity index (χ0) is 16.4. The molecule has 2 aromatic carbocycles. The summed E-state index contributed by atoms with van der Waals surface area (Å²) >= 11 is 13.6. The SMILES string of the molecule is O=C(Cc1c(F)cccc1Cl)N1CCSC1c1ccc(Cl)cc1. The van der Waals surface area contributed by atoms with Gasteiger partial charge in [0.15, 0.2) is 0 Å². The molecule has 1 saturated heterocycles. The van der Waals surface area contributed by atoms with Gasteiger partial charge in [-0.25, -0.2) is 4.39 Å². The lowest BCUT2D eigenvalue weighted by atomic mass is 10.1. The average Bonchev–Trinajstić information content (AvgIpc) is 3.01. The summed E-state index contributed by atoms with van der Waals surface area (Å²) in [4.78, 5) is 14.4. The standard InChI is InChI=1S/C17H14Cl2FNOS/c18-12-6-4-11(5-7-12)17-21(8-9-23-17)16(22)10-13-14(19)2-1-3-15(13)20/h1-7,17H,8-10H2. The second-order valence-electron chi connectivity index (χ2n) is 5.24. The maximum absolute atomic E-state index is 13.9. The fourth-order valence-corrected chi connectivity index (χ4v) is 4.22. The van der Waals surface area contributed by atoms with E-state index in [4.69, 9.17) is 23.2 Å². The third-order valence-electron chi connectivity index (χ3n) is 3.76. The molecular weight excluding hydrogens is 356 g/mol. The van der Waals surface area contributed by atoms with Crippen molar-refractivity contribution in [1.82, 2.24) is 4.90 Å². The first kappa shape index (κ1) is 16.6. The second-order valence-corrected chi connectivity index (χ2v) is 7.27. The van der Waals surface area contributed by atoms with Crippen LogP contribution in [0.4, 0.5) is 4.39 Å². The van der Waals surface area contributed by atoms with Crippen LogP contribution in [0.15, 0.2) is 42.5 Å². The summed E-state index contributed by atoms with van der Waals surface area (Å²) in [6, 6.07) is 11.9. The lowest BCUT2D eigenvalue weighted by Gasteiger charge is -2.24. The molecule has 6 heteroatoms. The maximum atomic E-state index is 13.9. The van der Waals surface area contributed by atoms with Crippen molar-refractivity contribution in [2.45, 2.75) is 11.8 Å². The van der Waals surface area contributed by atoms with Crippen LogP contribution in [-0.2, 0) is 11.2 Å². The largest absolute Gasteiger partial charge is 0.325 e. The van der Waals surface area contributed by atoms with Crippen LogP contribution in [0.1, 0.15) is 16.5 Å². The van der Waals surface area contributed by atoms with E-state index in [2.05, 4.69) is 0 Å². The predicted molar refractivity (Wildman–Crippen MR) is 93.5 cm³/mol. The Bertz CT molecular complexity index is 703. The zero-order valence-electron chi connectivity index (χ0n) is 12.1. The molecule has 0 N–H and O–H groups in total. The minimum atomic E-state index is -0.444. The molecule has 1 unspecified atom stereocenters. The van der Waals surface area contributed by atoms with Gasteiger partial charge < -0.3 is 4.90 Å².